The quantitative estimate of drug-likeness (QED) is 0.663. The van der Waals surface area contributed by atoms with Crippen molar-refractivity contribution in [3.63, 3.8) is 0 Å². The number of nitrogens with zero attached hydrogens (tertiary/aromatic N) is 2. The van der Waals surface area contributed by atoms with Crippen molar-refractivity contribution in [1.82, 2.24) is 9.97 Å². The fraction of sp³-hybridized carbons (Fsp3) is 0.200. The maximum Gasteiger partial charge on any atom is 0.224 e. The average molecular weight is 352 g/mol. The molecule has 1 heterocycles. The average Bonchev–Trinajstić information content (AvgIpc) is 2.64. The van der Waals surface area contributed by atoms with Crippen molar-refractivity contribution in [3.8, 4) is 5.75 Å². The Morgan fingerprint density at radius 1 is 1.12 bits per heavy atom. The van der Waals surface area contributed by atoms with E-state index in [1.54, 1.807) is 31.5 Å². The molecule has 26 heavy (non-hydrogen) atoms. The van der Waals surface area contributed by atoms with Crippen LogP contribution in [-0.4, -0.2) is 23.6 Å². The van der Waals surface area contributed by atoms with E-state index in [1.165, 1.54) is 6.07 Å². The van der Waals surface area contributed by atoms with Gasteiger partial charge in [0, 0.05) is 12.7 Å². The van der Waals surface area contributed by atoms with Crippen LogP contribution in [0.5, 0.6) is 5.75 Å². The number of ether oxygens (including phenoxy) is 1. The van der Waals surface area contributed by atoms with Gasteiger partial charge in [-0.05, 0) is 48.7 Å². The molecule has 0 radical (unpaired) electrons. The van der Waals surface area contributed by atoms with Crippen LogP contribution in [0.4, 0.5) is 21.8 Å². The highest BCUT2D eigenvalue weighted by atomic mass is 19.1. The van der Waals surface area contributed by atoms with Gasteiger partial charge in [0.25, 0.3) is 0 Å². The predicted molar refractivity (Wildman–Crippen MR) is 102 cm³/mol. The first-order valence-corrected chi connectivity index (χ1v) is 8.37. The second-order valence-corrected chi connectivity index (χ2v) is 5.86. The van der Waals surface area contributed by atoms with Gasteiger partial charge in [-0.3, -0.25) is 0 Å². The molecule has 0 saturated carbocycles. The number of aryl methyl sites for hydroxylation is 1. The van der Waals surface area contributed by atoms with E-state index in [9.17, 15) is 4.39 Å². The summed E-state index contributed by atoms with van der Waals surface area (Å²) in [5.41, 5.74) is 2.62. The molecular formula is C20H21FN4O. The molecule has 134 valence electrons. The second-order valence-electron chi connectivity index (χ2n) is 5.86. The van der Waals surface area contributed by atoms with Crippen molar-refractivity contribution in [2.24, 2.45) is 0 Å². The molecule has 3 aromatic rings. The van der Waals surface area contributed by atoms with Gasteiger partial charge in [-0.1, -0.05) is 24.3 Å². The minimum absolute atomic E-state index is 0.197. The van der Waals surface area contributed by atoms with Crippen LogP contribution in [0.3, 0.4) is 0 Å². The van der Waals surface area contributed by atoms with Gasteiger partial charge in [-0.25, -0.2) is 9.37 Å². The minimum atomic E-state index is -0.197. The van der Waals surface area contributed by atoms with Crippen LogP contribution in [0.1, 0.15) is 11.1 Å². The van der Waals surface area contributed by atoms with Gasteiger partial charge in [0.15, 0.2) is 0 Å². The Balaban J connectivity index is 1.65. The molecule has 0 bridgehead atoms. The lowest BCUT2D eigenvalue weighted by atomic mass is 10.1. The molecule has 0 spiro atoms. The Morgan fingerprint density at radius 3 is 2.77 bits per heavy atom. The number of aromatic nitrogens is 2. The molecular weight excluding hydrogens is 331 g/mol. The third-order valence-corrected chi connectivity index (χ3v) is 3.91. The topological polar surface area (TPSA) is 59.1 Å². The third-order valence-electron chi connectivity index (χ3n) is 3.91. The largest absolute Gasteiger partial charge is 0.495 e. The Morgan fingerprint density at radius 2 is 1.96 bits per heavy atom. The molecule has 0 saturated heterocycles. The Bertz CT molecular complexity index is 885. The van der Waals surface area contributed by atoms with E-state index >= 15 is 0 Å². The summed E-state index contributed by atoms with van der Waals surface area (Å²) in [5, 5.41) is 6.37. The SMILES string of the molecule is COc1ccc(C)cc1Nc1ccnc(NCCc2ccccc2F)n1. The highest BCUT2D eigenvalue weighted by molar-refractivity contribution is 5.65. The number of methoxy groups -OCH3 is 1. The minimum Gasteiger partial charge on any atom is -0.495 e. The number of hydrogen-bond donors (Lipinski definition) is 2. The normalized spacial score (nSPS) is 10.4. The van der Waals surface area contributed by atoms with E-state index in [0.717, 1.165) is 17.0 Å². The lowest BCUT2D eigenvalue weighted by Gasteiger charge is -2.12. The van der Waals surface area contributed by atoms with Gasteiger partial charge >= 0.3 is 0 Å². The van der Waals surface area contributed by atoms with Crippen LogP contribution in [0, 0.1) is 12.7 Å². The van der Waals surface area contributed by atoms with E-state index in [-0.39, 0.29) is 5.82 Å². The smallest absolute Gasteiger partial charge is 0.224 e. The van der Waals surface area contributed by atoms with E-state index < -0.39 is 0 Å². The predicted octanol–water partition coefficient (Wildman–Crippen LogP) is 4.33. The number of rotatable bonds is 7. The van der Waals surface area contributed by atoms with Crippen LogP contribution < -0.4 is 15.4 Å². The van der Waals surface area contributed by atoms with Crippen LogP contribution in [0.15, 0.2) is 54.7 Å². The zero-order chi connectivity index (χ0) is 18.4. The van der Waals surface area contributed by atoms with Gasteiger partial charge in [0.2, 0.25) is 5.95 Å². The van der Waals surface area contributed by atoms with E-state index in [1.807, 2.05) is 31.2 Å². The second kappa shape index (κ2) is 8.29. The van der Waals surface area contributed by atoms with Gasteiger partial charge in [0.05, 0.1) is 12.8 Å². The summed E-state index contributed by atoms with van der Waals surface area (Å²) < 4.78 is 19.0. The summed E-state index contributed by atoms with van der Waals surface area (Å²) in [6, 6.07) is 14.4. The van der Waals surface area contributed by atoms with Crippen LogP contribution in [-0.2, 0) is 6.42 Å². The molecule has 2 aromatic carbocycles. The van der Waals surface area contributed by atoms with Crippen LogP contribution >= 0.6 is 0 Å². The van der Waals surface area contributed by atoms with Gasteiger partial charge in [0.1, 0.15) is 17.4 Å². The molecule has 2 N–H and O–H groups in total. The maximum atomic E-state index is 13.6. The molecule has 0 unspecified atom stereocenters. The van der Waals surface area contributed by atoms with E-state index in [4.69, 9.17) is 4.74 Å². The molecule has 0 aliphatic carbocycles. The highest BCUT2D eigenvalue weighted by Crippen LogP contribution is 2.28. The zero-order valence-electron chi connectivity index (χ0n) is 14.8. The lowest BCUT2D eigenvalue weighted by Crippen LogP contribution is -2.09. The molecule has 0 aliphatic rings. The molecule has 0 amide bonds. The van der Waals surface area contributed by atoms with Crippen molar-refractivity contribution >= 4 is 17.5 Å². The maximum absolute atomic E-state index is 13.6. The molecule has 6 heteroatoms. The first kappa shape index (κ1) is 17.7. The summed E-state index contributed by atoms with van der Waals surface area (Å²) >= 11 is 0. The Kier molecular flexibility index (Phi) is 5.63. The number of hydrogen-bond acceptors (Lipinski definition) is 5. The summed E-state index contributed by atoms with van der Waals surface area (Å²) in [6.07, 6.45) is 2.22. The first-order valence-electron chi connectivity index (χ1n) is 8.37. The van der Waals surface area contributed by atoms with Gasteiger partial charge < -0.3 is 15.4 Å². The highest BCUT2D eigenvalue weighted by Gasteiger charge is 2.06. The van der Waals surface area contributed by atoms with Crippen LogP contribution in [0.25, 0.3) is 0 Å². The first-order chi connectivity index (χ1) is 12.7. The molecule has 5 nitrogen and oxygen atoms in total. The van der Waals surface area contributed by atoms with E-state index in [0.29, 0.717) is 30.3 Å². The lowest BCUT2D eigenvalue weighted by molar-refractivity contribution is 0.416. The van der Waals surface area contributed by atoms with Crippen molar-refractivity contribution in [2.45, 2.75) is 13.3 Å². The van der Waals surface area contributed by atoms with Gasteiger partial charge in [-0.2, -0.15) is 4.98 Å². The number of nitrogens with one attached hydrogen (secondary N) is 2. The standard InChI is InChI=1S/C20H21FN4O/c1-14-7-8-18(26-2)17(13-14)24-19-10-12-23-20(25-19)22-11-9-15-5-3-4-6-16(15)21/h3-8,10,12-13H,9,11H2,1-2H3,(H2,22,23,24,25). The van der Waals surface area contributed by atoms with Crippen molar-refractivity contribution < 1.29 is 9.13 Å². The molecule has 1 aromatic heterocycles. The fourth-order valence-corrected chi connectivity index (χ4v) is 2.58. The molecule has 0 atom stereocenters. The zero-order valence-corrected chi connectivity index (χ0v) is 14.8. The number of benzene rings is 2. The summed E-state index contributed by atoms with van der Waals surface area (Å²) in [5.74, 6) is 1.68. The van der Waals surface area contributed by atoms with Crippen molar-refractivity contribution in [2.75, 3.05) is 24.3 Å². The van der Waals surface area contributed by atoms with Crippen molar-refractivity contribution in [3.05, 3.63) is 71.7 Å². The summed E-state index contributed by atoms with van der Waals surface area (Å²) in [6.45, 7) is 2.55. The van der Waals surface area contributed by atoms with E-state index in [2.05, 4.69) is 20.6 Å². The monoisotopic (exact) mass is 352 g/mol. The summed E-state index contributed by atoms with van der Waals surface area (Å²) in [7, 11) is 1.63. The molecule has 0 aliphatic heterocycles. The van der Waals surface area contributed by atoms with Gasteiger partial charge in [-0.15, -0.1) is 0 Å². The third kappa shape index (κ3) is 4.47. The Hall–Kier alpha value is -3.15. The molecule has 0 fully saturated rings. The summed E-state index contributed by atoms with van der Waals surface area (Å²) in [4.78, 5) is 8.65. The van der Waals surface area contributed by atoms with Crippen LogP contribution in [0.2, 0.25) is 0 Å². The Labute approximate surface area is 152 Å². The molecule has 3 rings (SSSR count). The fourth-order valence-electron chi connectivity index (χ4n) is 2.58. The number of halogens is 1. The number of anilines is 3. The van der Waals surface area contributed by atoms with Crippen molar-refractivity contribution in [1.29, 1.82) is 0 Å².